The molecule has 0 radical (unpaired) electrons. The van der Waals surface area contributed by atoms with E-state index in [2.05, 4.69) is 56.9 Å². The van der Waals surface area contributed by atoms with Gasteiger partial charge in [0.05, 0.1) is 17.0 Å². The maximum absolute atomic E-state index is 9.07. The lowest BCUT2D eigenvalue weighted by atomic mass is 10.2. The fourth-order valence-corrected chi connectivity index (χ4v) is 3.31. The van der Waals surface area contributed by atoms with E-state index in [-0.39, 0.29) is 5.25 Å². The maximum Gasteiger partial charge on any atom is 0.232 e. The molecule has 0 spiro atoms. The van der Waals surface area contributed by atoms with Crippen molar-refractivity contribution in [3.05, 3.63) is 29.8 Å². The minimum atomic E-state index is -0.153. The second-order valence-electron chi connectivity index (χ2n) is 5.54. The zero-order valence-electron chi connectivity index (χ0n) is 12.9. The van der Waals surface area contributed by atoms with Crippen molar-refractivity contribution < 1.29 is 0 Å². The number of nitrogens with zero attached hydrogens (tertiary/aromatic N) is 5. The Balaban J connectivity index is 2.04. The third-order valence-corrected chi connectivity index (χ3v) is 4.70. The lowest BCUT2D eigenvalue weighted by Gasteiger charge is -2.18. The average molecular weight is 313 g/mol. The van der Waals surface area contributed by atoms with Crippen LogP contribution in [0, 0.1) is 18.3 Å². The number of aryl methyl sites for hydroxylation is 1. The van der Waals surface area contributed by atoms with Gasteiger partial charge in [-0.25, -0.2) is 0 Å². The Morgan fingerprint density at radius 2 is 1.86 bits per heavy atom. The monoisotopic (exact) mass is 313 g/mol. The van der Waals surface area contributed by atoms with Crippen LogP contribution >= 0.6 is 11.8 Å². The van der Waals surface area contributed by atoms with Crippen LogP contribution in [0.1, 0.15) is 25.3 Å². The summed E-state index contributed by atoms with van der Waals surface area (Å²) < 4.78 is 2.07. The highest BCUT2D eigenvalue weighted by atomic mass is 32.2. The van der Waals surface area contributed by atoms with Crippen molar-refractivity contribution in [1.82, 2.24) is 14.8 Å². The highest BCUT2D eigenvalue weighted by Crippen LogP contribution is 2.30. The Kier molecular flexibility index (Phi) is 4.34. The number of anilines is 1. The first-order valence-electron chi connectivity index (χ1n) is 7.52. The lowest BCUT2D eigenvalue weighted by molar-refractivity contribution is 0.840. The van der Waals surface area contributed by atoms with Crippen molar-refractivity contribution in [1.29, 1.82) is 5.26 Å². The Labute approximate surface area is 135 Å². The van der Waals surface area contributed by atoms with Crippen LogP contribution in [0.15, 0.2) is 29.4 Å². The molecule has 0 N–H and O–H groups in total. The van der Waals surface area contributed by atoms with Crippen LogP contribution in [0.2, 0.25) is 0 Å². The molecule has 2 heterocycles. The second-order valence-corrected chi connectivity index (χ2v) is 6.84. The fraction of sp³-hybridized carbons (Fsp3) is 0.438. The lowest BCUT2D eigenvalue weighted by Crippen LogP contribution is -2.22. The molecule has 3 rings (SSSR count). The van der Waals surface area contributed by atoms with Crippen LogP contribution in [0.25, 0.3) is 5.69 Å². The molecule has 1 aliphatic heterocycles. The molecule has 1 fully saturated rings. The highest BCUT2D eigenvalue weighted by Gasteiger charge is 2.23. The van der Waals surface area contributed by atoms with Gasteiger partial charge in [-0.1, -0.05) is 29.5 Å². The Morgan fingerprint density at radius 3 is 2.50 bits per heavy atom. The van der Waals surface area contributed by atoms with Crippen molar-refractivity contribution in [2.75, 3.05) is 18.0 Å². The van der Waals surface area contributed by atoms with Gasteiger partial charge in [0.25, 0.3) is 0 Å². The minimum absolute atomic E-state index is 0.153. The van der Waals surface area contributed by atoms with Crippen LogP contribution in [-0.4, -0.2) is 33.1 Å². The summed E-state index contributed by atoms with van der Waals surface area (Å²) in [5, 5.41) is 18.4. The summed E-state index contributed by atoms with van der Waals surface area (Å²) >= 11 is 1.45. The molecular weight excluding hydrogens is 294 g/mol. The molecule has 0 aliphatic carbocycles. The molecule has 1 aliphatic rings. The van der Waals surface area contributed by atoms with E-state index in [1.165, 1.54) is 30.2 Å². The number of thioether (sulfide) groups is 1. The van der Waals surface area contributed by atoms with Gasteiger partial charge in [0.15, 0.2) is 5.16 Å². The molecule has 22 heavy (non-hydrogen) atoms. The fourth-order valence-electron chi connectivity index (χ4n) is 2.56. The standard InChI is InChI=1S/C16H19N5S/c1-12-5-7-14(8-6-12)21-15(20-9-3-4-10-20)18-19-16(21)22-13(2)11-17/h5-8,13H,3-4,9-10H2,1-2H3. The summed E-state index contributed by atoms with van der Waals surface area (Å²) in [6.45, 7) is 5.99. The first-order chi connectivity index (χ1) is 10.7. The Bertz CT molecular complexity index is 680. The zero-order chi connectivity index (χ0) is 15.5. The highest BCUT2D eigenvalue weighted by molar-refractivity contribution is 8.00. The summed E-state index contributed by atoms with van der Waals surface area (Å²) in [6.07, 6.45) is 2.38. The predicted octanol–water partition coefficient (Wildman–Crippen LogP) is 3.18. The van der Waals surface area contributed by atoms with Gasteiger partial charge < -0.3 is 4.90 Å². The van der Waals surface area contributed by atoms with Gasteiger partial charge in [0, 0.05) is 13.1 Å². The number of nitriles is 1. The van der Waals surface area contributed by atoms with Crippen LogP contribution in [0.5, 0.6) is 0 Å². The Hall–Kier alpha value is -2.00. The summed E-state index contributed by atoms with van der Waals surface area (Å²) in [5.74, 6) is 0.883. The number of aromatic nitrogens is 3. The maximum atomic E-state index is 9.07. The van der Waals surface area contributed by atoms with E-state index in [1.54, 1.807) is 0 Å². The minimum Gasteiger partial charge on any atom is -0.341 e. The molecule has 0 amide bonds. The first kappa shape index (κ1) is 14.9. The summed E-state index contributed by atoms with van der Waals surface area (Å²) in [4.78, 5) is 2.27. The first-order valence-corrected chi connectivity index (χ1v) is 8.40. The predicted molar refractivity (Wildman–Crippen MR) is 88.5 cm³/mol. The SMILES string of the molecule is Cc1ccc(-n2c(SC(C)C#N)nnc2N2CCCC2)cc1. The van der Waals surface area contributed by atoms with E-state index in [1.807, 2.05) is 6.92 Å². The van der Waals surface area contributed by atoms with Crippen LogP contribution in [0.4, 0.5) is 5.95 Å². The third-order valence-electron chi connectivity index (χ3n) is 3.76. The summed E-state index contributed by atoms with van der Waals surface area (Å²) in [5.41, 5.74) is 2.27. The van der Waals surface area contributed by atoms with Gasteiger partial charge in [-0.05, 0) is 38.8 Å². The van der Waals surface area contributed by atoms with Crippen molar-refractivity contribution in [2.24, 2.45) is 0 Å². The van der Waals surface area contributed by atoms with Gasteiger partial charge in [-0.2, -0.15) is 5.26 Å². The van der Waals surface area contributed by atoms with Crippen molar-refractivity contribution in [3.8, 4) is 11.8 Å². The molecule has 0 saturated carbocycles. The second kappa shape index (κ2) is 6.41. The number of hydrogen-bond donors (Lipinski definition) is 0. The molecule has 0 bridgehead atoms. The Morgan fingerprint density at radius 1 is 1.18 bits per heavy atom. The van der Waals surface area contributed by atoms with Gasteiger partial charge in [0.2, 0.25) is 5.95 Å². The molecule has 1 atom stereocenters. The molecule has 2 aromatic rings. The topological polar surface area (TPSA) is 57.7 Å². The molecule has 6 heteroatoms. The zero-order valence-corrected chi connectivity index (χ0v) is 13.7. The normalized spacial score (nSPS) is 15.8. The molecule has 5 nitrogen and oxygen atoms in total. The van der Waals surface area contributed by atoms with Crippen molar-refractivity contribution in [2.45, 2.75) is 37.1 Å². The molecule has 114 valence electrons. The van der Waals surface area contributed by atoms with Gasteiger partial charge in [-0.15, -0.1) is 10.2 Å². The summed E-state index contributed by atoms with van der Waals surface area (Å²) in [7, 11) is 0. The van der Waals surface area contributed by atoms with Crippen LogP contribution < -0.4 is 4.90 Å². The van der Waals surface area contributed by atoms with Gasteiger partial charge >= 0.3 is 0 Å². The van der Waals surface area contributed by atoms with Gasteiger partial charge in [-0.3, -0.25) is 4.57 Å². The summed E-state index contributed by atoms with van der Waals surface area (Å²) in [6, 6.07) is 10.6. The smallest absolute Gasteiger partial charge is 0.232 e. The van der Waals surface area contributed by atoms with Crippen LogP contribution in [-0.2, 0) is 0 Å². The third kappa shape index (κ3) is 2.95. The van der Waals surface area contributed by atoms with Crippen molar-refractivity contribution in [3.63, 3.8) is 0 Å². The molecule has 1 aromatic carbocycles. The largest absolute Gasteiger partial charge is 0.341 e. The van der Waals surface area contributed by atoms with Crippen LogP contribution in [0.3, 0.4) is 0 Å². The van der Waals surface area contributed by atoms with E-state index in [4.69, 9.17) is 5.26 Å². The van der Waals surface area contributed by atoms with Crippen molar-refractivity contribution >= 4 is 17.7 Å². The molecule has 1 aromatic heterocycles. The van der Waals surface area contributed by atoms with E-state index in [0.717, 1.165) is 29.9 Å². The van der Waals surface area contributed by atoms with E-state index in [9.17, 15) is 0 Å². The van der Waals surface area contributed by atoms with E-state index in [0.29, 0.717) is 0 Å². The van der Waals surface area contributed by atoms with E-state index >= 15 is 0 Å². The molecule has 1 saturated heterocycles. The average Bonchev–Trinajstić information content (AvgIpc) is 3.17. The van der Waals surface area contributed by atoms with Gasteiger partial charge in [0.1, 0.15) is 0 Å². The quantitative estimate of drug-likeness (QED) is 0.811. The number of benzene rings is 1. The number of hydrogen-bond acceptors (Lipinski definition) is 5. The number of rotatable bonds is 4. The van der Waals surface area contributed by atoms with E-state index < -0.39 is 0 Å². The molecule has 1 unspecified atom stereocenters. The molecular formula is C16H19N5S.